The second-order valence-corrected chi connectivity index (χ2v) is 8.06. The third-order valence-electron chi connectivity index (χ3n) is 5.68. The molecule has 1 aliphatic rings. The Labute approximate surface area is 204 Å². The number of rotatable bonds is 6. The average Bonchev–Trinajstić information content (AvgIpc) is 2.88. The molecule has 0 saturated heterocycles. The van der Waals surface area contributed by atoms with Gasteiger partial charge < -0.3 is 15.2 Å². The molecule has 1 aliphatic heterocycles. The highest BCUT2D eigenvalue weighted by molar-refractivity contribution is 6.04. The van der Waals surface area contributed by atoms with E-state index in [1.165, 1.54) is 0 Å². The third kappa shape index (κ3) is 5.69. The zero-order chi connectivity index (χ0) is 24.6. The molecule has 3 aromatic carbocycles. The lowest BCUT2D eigenvalue weighted by Crippen LogP contribution is -2.32. The number of nitrogens with one attached hydrogen (secondary N) is 1. The molecule has 0 aliphatic carbocycles. The Morgan fingerprint density at radius 3 is 2.11 bits per heavy atom. The second-order valence-electron chi connectivity index (χ2n) is 8.06. The van der Waals surface area contributed by atoms with Crippen LogP contribution in [0.3, 0.4) is 0 Å². The minimum absolute atomic E-state index is 0.0307. The maximum Gasteiger partial charge on any atom is 0.337 e. The number of carboxylic acids is 1. The summed E-state index contributed by atoms with van der Waals surface area (Å²) in [6.45, 7) is 1.85. The Balaban J connectivity index is 1.75. The zero-order valence-corrected chi connectivity index (χ0v) is 19.3. The molecule has 0 bridgehead atoms. The van der Waals surface area contributed by atoms with E-state index >= 15 is 0 Å². The average molecular weight is 464 g/mol. The van der Waals surface area contributed by atoms with Crippen LogP contribution in [-0.4, -0.2) is 23.7 Å². The Hall–Kier alpha value is -4.56. The number of aliphatic carboxylic acids is 1. The summed E-state index contributed by atoms with van der Waals surface area (Å²) in [7, 11) is 0. The lowest BCUT2D eigenvalue weighted by atomic mass is 9.84. The molecule has 0 saturated carbocycles. The van der Waals surface area contributed by atoms with Gasteiger partial charge in [-0.3, -0.25) is 0 Å². The lowest BCUT2D eigenvalue weighted by Gasteiger charge is -2.28. The van der Waals surface area contributed by atoms with Gasteiger partial charge in [-0.25, -0.2) is 9.59 Å². The largest absolute Gasteiger partial charge is 0.478 e. The Morgan fingerprint density at radius 1 is 0.886 bits per heavy atom. The normalized spacial score (nSPS) is 15.1. The van der Waals surface area contributed by atoms with Gasteiger partial charge in [0.1, 0.15) is 0 Å². The van der Waals surface area contributed by atoms with Gasteiger partial charge in [-0.05, 0) is 30.2 Å². The van der Waals surface area contributed by atoms with Crippen LogP contribution in [0.25, 0.3) is 5.70 Å². The minimum atomic E-state index is -1.14. The van der Waals surface area contributed by atoms with E-state index in [2.05, 4.69) is 17.2 Å². The number of carbonyl (C=O) groups excluding carboxylic acids is 1. The van der Waals surface area contributed by atoms with Crippen molar-refractivity contribution in [3.8, 4) is 11.8 Å². The van der Waals surface area contributed by atoms with Crippen LogP contribution in [0, 0.1) is 17.8 Å². The molecular weight excluding hydrogens is 438 g/mol. The SMILES string of the molecule is CC1=C(C(=O)O)C(C#Cc2ccccc2)C(C(=O)OCCc2ccccc2)=C(c2ccccc2)N1. The molecule has 3 aromatic rings. The Bertz CT molecular complexity index is 1330. The highest BCUT2D eigenvalue weighted by atomic mass is 16.5. The van der Waals surface area contributed by atoms with Crippen molar-refractivity contribution < 1.29 is 19.4 Å². The van der Waals surface area contributed by atoms with E-state index in [1.54, 1.807) is 6.92 Å². The van der Waals surface area contributed by atoms with Crippen LogP contribution in [0.4, 0.5) is 0 Å². The highest BCUT2D eigenvalue weighted by Gasteiger charge is 2.37. The molecule has 0 fully saturated rings. The fraction of sp³-hybridized carbons (Fsp3) is 0.133. The van der Waals surface area contributed by atoms with E-state index in [0.717, 1.165) is 16.7 Å². The van der Waals surface area contributed by atoms with E-state index in [1.807, 2.05) is 91.0 Å². The van der Waals surface area contributed by atoms with Crippen molar-refractivity contribution in [2.75, 3.05) is 6.61 Å². The first-order valence-electron chi connectivity index (χ1n) is 11.3. The van der Waals surface area contributed by atoms with E-state index in [4.69, 9.17) is 4.74 Å². The molecule has 0 spiro atoms. The van der Waals surface area contributed by atoms with Gasteiger partial charge in [-0.1, -0.05) is 90.7 Å². The number of allylic oxidation sites excluding steroid dienone is 1. The summed E-state index contributed by atoms with van der Waals surface area (Å²) in [5, 5.41) is 13.2. The van der Waals surface area contributed by atoms with Crippen molar-refractivity contribution >= 4 is 17.6 Å². The smallest absolute Gasteiger partial charge is 0.337 e. The van der Waals surface area contributed by atoms with Gasteiger partial charge in [0.2, 0.25) is 0 Å². The van der Waals surface area contributed by atoms with E-state index in [-0.39, 0.29) is 17.8 Å². The van der Waals surface area contributed by atoms with Crippen LogP contribution in [0.15, 0.2) is 108 Å². The zero-order valence-electron chi connectivity index (χ0n) is 19.3. The fourth-order valence-electron chi connectivity index (χ4n) is 3.97. The van der Waals surface area contributed by atoms with Gasteiger partial charge >= 0.3 is 11.9 Å². The predicted octanol–water partition coefficient (Wildman–Crippen LogP) is 4.81. The van der Waals surface area contributed by atoms with Gasteiger partial charge in [0.25, 0.3) is 0 Å². The van der Waals surface area contributed by atoms with E-state index < -0.39 is 17.9 Å². The maximum absolute atomic E-state index is 13.5. The van der Waals surface area contributed by atoms with E-state index in [0.29, 0.717) is 17.8 Å². The number of carboxylic acid groups (broad SMARTS) is 1. The number of hydrogen-bond donors (Lipinski definition) is 2. The molecule has 2 N–H and O–H groups in total. The molecule has 5 heteroatoms. The number of carbonyl (C=O) groups is 2. The first kappa shape index (κ1) is 23.6. The van der Waals surface area contributed by atoms with Gasteiger partial charge in [0.15, 0.2) is 0 Å². The molecular formula is C30H25NO4. The van der Waals surface area contributed by atoms with Gasteiger partial charge in [0, 0.05) is 17.7 Å². The van der Waals surface area contributed by atoms with Crippen molar-refractivity contribution in [2.24, 2.45) is 5.92 Å². The van der Waals surface area contributed by atoms with Gasteiger partial charge in [-0.15, -0.1) is 0 Å². The highest BCUT2D eigenvalue weighted by Crippen LogP contribution is 2.34. The molecule has 1 unspecified atom stereocenters. The van der Waals surface area contributed by atoms with Gasteiger partial charge in [0.05, 0.1) is 29.4 Å². The number of ether oxygens (including phenoxy) is 1. The number of hydrogen-bond acceptors (Lipinski definition) is 4. The summed E-state index contributed by atoms with van der Waals surface area (Å²) in [6, 6.07) is 28.3. The first-order valence-corrected chi connectivity index (χ1v) is 11.3. The predicted molar refractivity (Wildman–Crippen MR) is 135 cm³/mol. The molecule has 1 atom stereocenters. The van der Waals surface area contributed by atoms with Crippen LogP contribution < -0.4 is 5.32 Å². The second kappa shape index (κ2) is 11.0. The van der Waals surface area contributed by atoms with Crippen LogP contribution >= 0.6 is 0 Å². The van der Waals surface area contributed by atoms with Crippen LogP contribution in [0.2, 0.25) is 0 Å². The van der Waals surface area contributed by atoms with Crippen molar-refractivity contribution in [1.29, 1.82) is 0 Å². The molecule has 5 nitrogen and oxygen atoms in total. The summed E-state index contributed by atoms with van der Waals surface area (Å²) < 4.78 is 5.66. The van der Waals surface area contributed by atoms with Crippen LogP contribution in [-0.2, 0) is 20.7 Å². The maximum atomic E-state index is 13.5. The molecule has 0 amide bonds. The minimum Gasteiger partial charge on any atom is -0.478 e. The summed E-state index contributed by atoms with van der Waals surface area (Å²) in [6.07, 6.45) is 0.551. The van der Waals surface area contributed by atoms with Gasteiger partial charge in [-0.2, -0.15) is 0 Å². The fourth-order valence-corrected chi connectivity index (χ4v) is 3.97. The summed E-state index contributed by atoms with van der Waals surface area (Å²) in [5.41, 5.74) is 3.68. The van der Waals surface area contributed by atoms with Crippen molar-refractivity contribution in [2.45, 2.75) is 13.3 Å². The van der Waals surface area contributed by atoms with Crippen molar-refractivity contribution in [3.05, 3.63) is 125 Å². The quantitative estimate of drug-likeness (QED) is 0.405. The standard InChI is InChI=1S/C30H25NO4/c1-21-26(29(32)33)25(18-17-22-11-5-2-6-12-22)27(28(31-21)24-15-9-4-10-16-24)30(34)35-20-19-23-13-7-3-8-14-23/h2-16,25,31H,19-20H2,1H3,(H,32,33). The third-order valence-corrected chi connectivity index (χ3v) is 5.68. The summed E-state index contributed by atoms with van der Waals surface area (Å²) in [5.74, 6) is 3.40. The molecule has 174 valence electrons. The molecule has 4 rings (SSSR count). The number of dihydropyridines is 1. The van der Waals surface area contributed by atoms with Crippen molar-refractivity contribution in [1.82, 2.24) is 5.32 Å². The van der Waals surface area contributed by atoms with Crippen LogP contribution in [0.5, 0.6) is 0 Å². The summed E-state index contributed by atoms with van der Waals surface area (Å²) in [4.78, 5) is 25.7. The first-order chi connectivity index (χ1) is 17.0. The molecule has 1 heterocycles. The van der Waals surface area contributed by atoms with Crippen LogP contribution in [0.1, 0.15) is 23.6 Å². The molecule has 0 radical (unpaired) electrons. The molecule has 0 aromatic heterocycles. The number of esters is 1. The Morgan fingerprint density at radius 2 is 1.49 bits per heavy atom. The van der Waals surface area contributed by atoms with Crippen molar-refractivity contribution in [3.63, 3.8) is 0 Å². The Kier molecular flexibility index (Phi) is 7.44. The number of benzene rings is 3. The van der Waals surface area contributed by atoms with E-state index in [9.17, 15) is 14.7 Å². The lowest BCUT2D eigenvalue weighted by molar-refractivity contribution is -0.139. The summed E-state index contributed by atoms with van der Waals surface area (Å²) >= 11 is 0. The topological polar surface area (TPSA) is 75.6 Å². The molecule has 35 heavy (non-hydrogen) atoms. The monoisotopic (exact) mass is 463 g/mol.